The number of ether oxygens (including phenoxy) is 1. The van der Waals surface area contributed by atoms with Crippen molar-refractivity contribution in [2.45, 2.75) is 39.5 Å². The van der Waals surface area contributed by atoms with Crippen molar-refractivity contribution in [1.82, 2.24) is 14.5 Å². The van der Waals surface area contributed by atoms with Crippen LogP contribution in [-0.4, -0.2) is 21.1 Å². The van der Waals surface area contributed by atoms with Gasteiger partial charge in [0.05, 0.1) is 12.1 Å². The molecule has 0 fully saturated rings. The van der Waals surface area contributed by atoms with Gasteiger partial charge in [-0.1, -0.05) is 12.1 Å². The molecule has 25 heavy (non-hydrogen) atoms. The quantitative estimate of drug-likeness (QED) is 0.853. The van der Waals surface area contributed by atoms with E-state index >= 15 is 0 Å². The van der Waals surface area contributed by atoms with Gasteiger partial charge in [-0.25, -0.2) is 4.79 Å². The summed E-state index contributed by atoms with van der Waals surface area (Å²) in [6.07, 6.45) is 1.39. The topological polar surface area (TPSA) is 82.3 Å². The Morgan fingerprint density at radius 1 is 1.20 bits per heavy atom. The van der Waals surface area contributed by atoms with Crippen molar-refractivity contribution in [3.8, 4) is 5.75 Å². The molecule has 0 aliphatic carbocycles. The van der Waals surface area contributed by atoms with Gasteiger partial charge >= 0.3 is 5.69 Å². The lowest BCUT2D eigenvalue weighted by Gasteiger charge is -2.17. The van der Waals surface area contributed by atoms with Gasteiger partial charge in [-0.05, 0) is 38.5 Å². The van der Waals surface area contributed by atoms with Crippen LogP contribution in [0.3, 0.4) is 0 Å². The van der Waals surface area contributed by atoms with Gasteiger partial charge in [0.15, 0.2) is 0 Å². The van der Waals surface area contributed by atoms with Gasteiger partial charge in [0, 0.05) is 19.3 Å². The van der Waals surface area contributed by atoms with Crippen LogP contribution in [0.15, 0.2) is 46.1 Å². The normalized spacial score (nSPS) is 12.0. The molecule has 1 N–H and O–H groups in total. The average molecular weight is 345 g/mol. The third-order valence-electron chi connectivity index (χ3n) is 3.68. The maximum atomic E-state index is 12.2. The van der Waals surface area contributed by atoms with E-state index in [1.54, 1.807) is 0 Å². The number of carbonyl (C=O) groups is 1. The molecule has 1 aromatic carbocycles. The lowest BCUT2D eigenvalue weighted by molar-refractivity contribution is -0.122. The minimum atomic E-state index is -0.525. The number of nitrogens with one attached hydrogen (secondary N) is 1. The Hall–Kier alpha value is -2.83. The van der Waals surface area contributed by atoms with E-state index in [2.05, 4.69) is 5.32 Å². The third-order valence-corrected chi connectivity index (χ3v) is 3.68. The van der Waals surface area contributed by atoms with E-state index in [4.69, 9.17) is 4.74 Å². The van der Waals surface area contributed by atoms with E-state index in [0.717, 1.165) is 15.9 Å². The predicted molar refractivity (Wildman–Crippen MR) is 94.7 cm³/mol. The molecule has 7 nitrogen and oxygen atoms in total. The highest BCUT2D eigenvalue weighted by Crippen LogP contribution is 2.20. The lowest BCUT2D eigenvalue weighted by Crippen LogP contribution is -2.40. The Bertz CT molecular complexity index is 867. The zero-order chi connectivity index (χ0) is 18.6. The fourth-order valence-electron chi connectivity index (χ4n) is 2.39. The zero-order valence-corrected chi connectivity index (χ0v) is 14.9. The molecule has 0 saturated carbocycles. The van der Waals surface area contributed by atoms with Crippen LogP contribution in [0.5, 0.6) is 5.75 Å². The summed E-state index contributed by atoms with van der Waals surface area (Å²) in [5.41, 5.74) is -0.0288. The van der Waals surface area contributed by atoms with Crippen molar-refractivity contribution in [2.24, 2.45) is 7.05 Å². The van der Waals surface area contributed by atoms with E-state index < -0.39 is 11.2 Å². The average Bonchev–Trinajstić information content (AvgIpc) is 2.55. The molecule has 0 saturated heterocycles. The van der Waals surface area contributed by atoms with Gasteiger partial charge in [0.1, 0.15) is 12.3 Å². The van der Waals surface area contributed by atoms with E-state index in [-0.39, 0.29) is 24.6 Å². The van der Waals surface area contributed by atoms with Gasteiger partial charge < -0.3 is 10.1 Å². The second-order valence-corrected chi connectivity index (χ2v) is 6.15. The van der Waals surface area contributed by atoms with Gasteiger partial charge in [0.2, 0.25) is 5.91 Å². The van der Waals surface area contributed by atoms with Crippen molar-refractivity contribution in [3.63, 3.8) is 0 Å². The smallest absolute Gasteiger partial charge is 0.331 e. The molecule has 0 aliphatic heterocycles. The lowest BCUT2D eigenvalue weighted by atomic mass is 10.1. The Morgan fingerprint density at radius 2 is 1.92 bits per heavy atom. The molecule has 1 amide bonds. The number of nitrogens with zero attached hydrogens (tertiary/aromatic N) is 2. The first kappa shape index (κ1) is 18.5. The fraction of sp³-hybridized carbons (Fsp3) is 0.389. The Kier molecular flexibility index (Phi) is 5.80. The molecule has 0 spiro atoms. The number of aromatic nitrogens is 2. The first-order valence-electron chi connectivity index (χ1n) is 8.10. The molecule has 7 heteroatoms. The first-order valence-corrected chi connectivity index (χ1v) is 8.10. The summed E-state index contributed by atoms with van der Waals surface area (Å²) < 4.78 is 7.81. The molecule has 2 aromatic rings. The first-order chi connectivity index (χ1) is 11.8. The van der Waals surface area contributed by atoms with Gasteiger partial charge in [-0.3, -0.25) is 18.7 Å². The summed E-state index contributed by atoms with van der Waals surface area (Å²) in [5, 5.41) is 2.84. The minimum absolute atomic E-state index is 0.0664. The van der Waals surface area contributed by atoms with Crippen LogP contribution in [0.4, 0.5) is 0 Å². The molecule has 0 unspecified atom stereocenters. The summed E-state index contributed by atoms with van der Waals surface area (Å²) in [5.74, 6) is 0.423. The van der Waals surface area contributed by atoms with Crippen LogP contribution in [0, 0.1) is 0 Å². The number of carbonyl (C=O) groups excluding carboxylic acids is 1. The fourth-order valence-corrected chi connectivity index (χ4v) is 2.39. The summed E-state index contributed by atoms with van der Waals surface area (Å²) >= 11 is 0. The van der Waals surface area contributed by atoms with Crippen LogP contribution in [0.2, 0.25) is 0 Å². The highest BCUT2D eigenvalue weighted by Gasteiger charge is 2.12. The van der Waals surface area contributed by atoms with Gasteiger partial charge in [-0.15, -0.1) is 0 Å². The number of rotatable bonds is 6. The molecule has 1 heterocycles. The van der Waals surface area contributed by atoms with E-state index in [1.807, 2.05) is 45.0 Å². The molecule has 2 rings (SSSR count). The van der Waals surface area contributed by atoms with Crippen LogP contribution in [0.25, 0.3) is 0 Å². The van der Waals surface area contributed by atoms with Crippen LogP contribution in [0.1, 0.15) is 32.4 Å². The summed E-state index contributed by atoms with van der Waals surface area (Å²) in [4.78, 5) is 35.6. The molecule has 0 radical (unpaired) electrons. The zero-order valence-electron chi connectivity index (χ0n) is 14.9. The summed E-state index contributed by atoms with van der Waals surface area (Å²) in [6, 6.07) is 8.52. The second kappa shape index (κ2) is 7.83. The standard InChI is InChI=1S/C18H23N3O4/c1-12(2)25-15-7-5-6-14(10-15)13(3)19-16(22)11-21-9-8-17(23)20(4)18(21)24/h5-10,12-13H,11H2,1-4H3,(H,19,22)/t13-/m0/s1. The Labute approximate surface area is 145 Å². The molecular weight excluding hydrogens is 322 g/mol. The highest BCUT2D eigenvalue weighted by molar-refractivity contribution is 5.76. The van der Waals surface area contributed by atoms with Crippen LogP contribution in [-0.2, 0) is 18.4 Å². The highest BCUT2D eigenvalue weighted by atomic mass is 16.5. The monoisotopic (exact) mass is 345 g/mol. The van der Waals surface area contributed by atoms with Crippen molar-refractivity contribution in [3.05, 3.63) is 62.9 Å². The van der Waals surface area contributed by atoms with Crippen molar-refractivity contribution >= 4 is 5.91 Å². The number of hydrogen-bond acceptors (Lipinski definition) is 4. The van der Waals surface area contributed by atoms with Crippen LogP contribution >= 0.6 is 0 Å². The minimum Gasteiger partial charge on any atom is -0.491 e. The summed E-state index contributed by atoms with van der Waals surface area (Å²) in [6.45, 7) is 5.60. The van der Waals surface area contributed by atoms with E-state index in [1.165, 1.54) is 23.9 Å². The predicted octanol–water partition coefficient (Wildman–Crippen LogP) is 1.21. The molecule has 1 aromatic heterocycles. The van der Waals surface area contributed by atoms with E-state index in [0.29, 0.717) is 0 Å². The molecular formula is C18H23N3O4. The molecule has 0 aliphatic rings. The largest absolute Gasteiger partial charge is 0.491 e. The second-order valence-electron chi connectivity index (χ2n) is 6.15. The number of benzene rings is 1. The van der Waals surface area contributed by atoms with E-state index in [9.17, 15) is 14.4 Å². The Morgan fingerprint density at radius 3 is 2.60 bits per heavy atom. The maximum Gasteiger partial charge on any atom is 0.331 e. The van der Waals surface area contributed by atoms with Crippen LogP contribution < -0.4 is 21.3 Å². The van der Waals surface area contributed by atoms with Crippen molar-refractivity contribution in [2.75, 3.05) is 0 Å². The SMILES string of the molecule is CC(C)Oc1cccc([C@H](C)NC(=O)Cn2ccc(=O)n(C)c2=O)c1. The molecule has 1 atom stereocenters. The third kappa shape index (κ3) is 4.82. The summed E-state index contributed by atoms with van der Waals surface area (Å²) in [7, 11) is 1.38. The van der Waals surface area contributed by atoms with Gasteiger partial charge in [0.25, 0.3) is 5.56 Å². The molecule has 134 valence electrons. The maximum absolute atomic E-state index is 12.2. The molecule has 0 bridgehead atoms. The Balaban J connectivity index is 2.07. The van der Waals surface area contributed by atoms with Crippen molar-refractivity contribution in [1.29, 1.82) is 0 Å². The number of amides is 1. The van der Waals surface area contributed by atoms with Crippen molar-refractivity contribution < 1.29 is 9.53 Å². The van der Waals surface area contributed by atoms with Gasteiger partial charge in [-0.2, -0.15) is 0 Å². The number of hydrogen-bond donors (Lipinski definition) is 1.